The molecule has 1 aliphatic carbocycles. The second-order valence-corrected chi connectivity index (χ2v) is 7.58. The van der Waals surface area contributed by atoms with Gasteiger partial charge >= 0.3 is 0 Å². The number of hydrogen-bond acceptors (Lipinski definition) is 4. The molecule has 0 amide bonds. The van der Waals surface area contributed by atoms with Crippen molar-refractivity contribution in [2.75, 3.05) is 0 Å². The summed E-state index contributed by atoms with van der Waals surface area (Å²) in [7, 11) is 0. The molecule has 1 aliphatic rings. The minimum atomic E-state index is 0.407. The molecule has 25 heavy (non-hydrogen) atoms. The van der Waals surface area contributed by atoms with Gasteiger partial charge in [0.1, 0.15) is 23.7 Å². The lowest BCUT2D eigenvalue weighted by atomic mass is 9.82. The Labute approximate surface area is 150 Å². The molecule has 2 aromatic rings. The second-order valence-electron chi connectivity index (χ2n) is 7.58. The van der Waals surface area contributed by atoms with Crippen LogP contribution in [0.25, 0.3) is 0 Å². The largest absolute Gasteiger partial charge is 0.487 e. The van der Waals surface area contributed by atoms with E-state index in [0.29, 0.717) is 6.61 Å². The molecule has 0 bridgehead atoms. The van der Waals surface area contributed by atoms with E-state index in [2.05, 4.69) is 29.4 Å². The molecule has 1 atom stereocenters. The van der Waals surface area contributed by atoms with Crippen LogP contribution in [0.2, 0.25) is 0 Å². The first-order valence-corrected chi connectivity index (χ1v) is 9.71. The van der Waals surface area contributed by atoms with Gasteiger partial charge in [0, 0.05) is 0 Å². The molecule has 1 fully saturated rings. The van der Waals surface area contributed by atoms with E-state index in [0.717, 1.165) is 35.4 Å². The van der Waals surface area contributed by atoms with Gasteiger partial charge in [0.15, 0.2) is 0 Å². The van der Waals surface area contributed by atoms with E-state index in [-0.39, 0.29) is 0 Å². The molecule has 1 unspecified atom stereocenters. The van der Waals surface area contributed by atoms with Gasteiger partial charge in [-0.25, -0.2) is 4.63 Å². The van der Waals surface area contributed by atoms with Crippen molar-refractivity contribution in [3.63, 3.8) is 0 Å². The molecule has 0 radical (unpaired) electrons. The summed E-state index contributed by atoms with van der Waals surface area (Å²) in [6.07, 6.45) is 10.9. The zero-order chi connectivity index (χ0) is 17.5. The van der Waals surface area contributed by atoms with Gasteiger partial charge in [0.05, 0.1) is 0 Å². The number of nitrogens with zero attached hydrogens (tertiary/aromatic N) is 2. The third-order valence-corrected chi connectivity index (χ3v) is 5.45. The summed E-state index contributed by atoms with van der Waals surface area (Å²) in [5.41, 5.74) is 2.84. The van der Waals surface area contributed by atoms with E-state index >= 15 is 0 Å². The average molecular weight is 342 g/mol. The fourth-order valence-corrected chi connectivity index (χ4v) is 3.89. The first-order valence-electron chi connectivity index (χ1n) is 9.71. The average Bonchev–Trinajstić information content (AvgIpc) is 3.05. The van der Waals surface area contributed by atoms with Gasteiger partial charge in [0.2, 0.25) is 0 Å². The molecule has 0 aliphatic heterocycles. The van der Waals surface area contributed by atoms with Crippen molar-refractivity contribution in [1.29, 1.82) is 0 Å². The molecular formula is C21H30N2O2. The maximum absolute atomic E-state index is 5.98. The predicted octanol–water partition coefficient (Wildman–Crippen LogP) is 5.50. The van der Waals surface area contributed by atoms with Crippen LogP contribution < -0.4 is 4.74 Å². The van der Waals surface area contributed by atoms with Crippen molar-refractivity contribution in [2.45, 2.75) is 71.8 Å². The molecule has 1 heterocycles. The highest BCUT2D eigenvalue weighted by Gasteiger charge is 2.17. The lowest BCUT2D eigenvalue weighted by Crippen LogP contribution is -2.11. The highest BCUT2D eigenvalue weighted by molar-refractivity contribution is 5.33. The lowest BCUT2D eigenvalue weighted by Gasteiger charge is -2.24. The Kier molecular flexibility index (Phi) is 6.48. The smallest absolute Gasteiger partial charge is 0.145 e. The summed E-state index contributed by atoms with van der Waals surface area (Å²) in [5.74, 6) is 2.69. The summed E-state index contributed by atoms with van der Waals surface area (Å²) in [6, 6.07) is 8.34. The van der Waals surface area contributed by atoms with Crippen molar-refractivity contribution in [1.82, 2.24) is 10.3 Å². The fourth-order valence-electron chi connectivity index (χ4n) is 3.89. The minimum Gasteiger partial charge on any atom is -0.487 e. The second kappa shape index (κ2) is 9.02. The van der Waals surface area contributed by atoms with Crippen LogP contribution in [0.1, 0.15) is 68.8 Å². The number of hydrogen-bond donors (Lipinski definition) is 0. The molecule has 4 nitrogen and oxygen atoms in total. The zero-order valence-electron chi connectivity index (χ0n) is 15.5. The third kappa shape index (κ3) is 5.32. The van der Waals surface area contributed by atoms with Crippen LogP contribution in [0.5, 0.6) is 5.75 Å². The zero-order valence-corrected chi connectivity index (χ0v) is 15.5. The van der Waals surface area contributed by atoms with Gasteiger partial charge in [-0.05, 0) is 49.7 Å². The molecule has 0 spiro atoms. The molecule has 1 aromatic heterocycles. The molecule has 0 saturated heterocycles. The highest BCUT2D eigenvalue weighted by atomic mass is 16.6. The standard InChI is InChI=1S/C21H30N2O2/c1-16(14-18-8-4-3-5-9-18)12-13-19-10-6-7-11-21(19)24-15-20-17(2)22-25-23-20/h6-7,10-11,16,18H,3-5,8-9,12-15H2,1-2H3. The topological polar surface area (TPSA) is 48.2 Å². The molecule has 4 heteroatoms. The van der Waals surface area contributed by atoms with Gasteiger partial charge in [-0.15, -0.1) is 0 Å². The number of ether oxygens (including phenoxy) is 1. The summed E-state index contributed by atoms with van der Waals surface area (Å²) < 4.78 is 10.7. The predicted molar refractivity (Wildman–Crippen MR) is 98.5 cm³/mol. The molecule has 3 rings (SSSR count). The van der Waals surface area contributed by atoms with Gasteiger partial charge < -0.3 is 4.74 Å². The summed E-state index contributed by atoms with van der Waals surface area (Å²) in [5, 5.41) is 7.69. The summed E-state index contributed by atoms with van der Waals surface area (Å²) in [6.45, 7) is 4.69. The van der Waals surface area contributed by atoms with Crippen LogP contribution >= 0.6 is 0 Å². The number of aryl methyl sites for hydroxylation is 2. The van der Waals surface area contributed by atoms with Crippen LogP contribution in [-0.4, -0.2) is 10.3 Å². The van der Waals surface area contributed by atoms with Crippen LogP contribution in [0, 0.1) is 18.8 Å². The van der Waals surface area contributed by atoms with Crippen LogP contribution in [0.3, 0.4) is 0 Å². The van der Waals surface area contributed by atoms with Crippen molar-refractivity contribution in [3.8, 4) is 5.75 Å². The number of aromatic nitrogens is 2. The van der Waals surface area contributed by atoms with E-state index in [1.165, 1.54) is 50.5 Å². The van der Waals surface area contributed by atoms with Gasteiger partial charge in [-0.2, -0.15) is 0 Å². The normalized spacial score (nSPS) is 16.7. The van der Waals surface area contributed by atoms with Crippen molar-refractivity contribution in [2.24, 2.45) is 11.8 Å². The van der Waals surface area contributed by atoms with E-state index in [9.17, 15) is 0 Å². The van der Waals surface area contributed by atoms with E-state index in [1.54, 1.807) is 0 Å². The number of rotatable bonds is 8. The Hall–Kier alpha value is -1.84. The van der Waals surface area contributed by atoms with Gasteiger partial charge in [0.25, 0.3) is 0 Å². The van der Waals surface area contributed by atoms with Crippen LogP contribution in [0.15, 0.2) is 28.9 Å². The summed E-state index contributed by atoms with van der Waals surface area (Å²) >= 11 is 0. The maximum atomic E-state index is 5.98. The van der Waals surface area contributed by atoms with E-state index in [1.807, 2.05) is 19.1 Å². The molecule has 136 valence electrons. The Balaban J connectivity index is 1.50. The molecule has 0 N–H and O–H groups in total. The quantitative estimate of drug-likeness (QED) is 0.636. The number of para-hydroxylation sites is 1. The fraction of sp³-hybridized carbons (Fsp3) is 0.619. The number of benzene rings is 1. The SMILES string of the molecule is Cc1nonc1COc1ccccc1CCC(C)CC1CCCCC1. The first-order chi connectivity index (χ1) is 12.2. The Morgan fingerprint density at radius 3 is 2.72 bits per heavy atom. The van der Waals surface area contributed by atoms with Crippen molar-refractivity contribution >= 4 is 0 Å². The Bertz CT molecular complexity index is 647. The van der Waals surface area contributed by atoms with Crippen LogP contribution in [-0.2, 0) is 13.0 Å². The first kappa shape index (κ1) is 18.0. The van der Waals surface area contributed by atoms with Crippen molar-refractivity contribution in [3.05, 3.63) is 41.2 Å². The van der Waals surface area contributed by atoms with E-state index in [4.69, 9.17) is 9.37 Å². The molecular weight excluding hydrogens is 312 g/mol. The lowest BCUT2D eigenvalue weighted by molar-refractivity contribution is 0.267. The van der Waals surface area contributed by atoms with Crippen molar-refractivity contribution < 1.29 is 9.37 Å². The molecule has 1 saturated carbocycles. The van der Waals surface area contributed by atoms with E-state index < -0.39 is 0 Å². The van der Waals surface area contributed by atoms with Gasteiger partial charge in [-0.1, -0.05) is 67.5 Å². The monoisotopic (exact) mass is 342 g/mol. The highest BCUT2D eigenvalue weighted by Crippen LogP contribution is 2.31. The van der Waals surface area contributed by atoms with Crippen LogP contribution in [0.4, 0.5) is 0 Å². The third-order valence-electron chi connectivity index (χ3n) is 5.45. The summed E-state index contributed by atoms with van der Waals surface area (Å²) in [4.78, 5) is 0. The maximum Gasteiger partial charge on any atom is 0.145 e. The minimum absolute atomic E-state index is 0.407. The Morgan fingerprint density at radius 2 is 1.96 bits per heavy atom. The Morgan fingerprint density at radius 1 is 1.16 bits per heavy atom. The van der Waals surface area contributed by atoms with Gasteiger partial charge in [-0.3, -0.25) is 0 Å². The molecule has 1 aromatic carbocycles.